The number of halogens is 1. The molecule has 0 saturated heterocycles. The van der Waals surface area contributed by atoms with Crippen LogP contribution in [0.1, 0.15) is 26.3 Å². The molecule has 0 aromatic heterocycles. The first-order valence-corrected chi connectivity index (χ1v) is 11.5. The summed E-state index contributed by atoms with van der Waals surface area (Å²) in [7, 11) is -2.48. The Morgan fingerprint density at radius 3 is 2.47 bits per heavy atom. The average Bonchev–Trinajstić information content (AvgIpc) is 3.23. The van der Waals surface area contributed by atoms with Crippen molar-refractivity contribution < 1.29 is 22.7 Å². The fraction of sp³-hybridized carbons (Fsp3) is 0.130. The van der Waals surface area contributed by atoms with Gasteiger partial charge in [-0.05, 0) is 66.6 Å². The lowest BCUT2D eigenvalue weighted by Crippen LogP contribution is -2.29. The molecule has 0 fully saturated rings. The molecule has 0 atom stereocenters. The number of benzene rings is 3. The summed E-state index contributed by atoms with van der Waals surface area (Å²) in [5.74, 6) is -0.971. The molecule has 164 valence electrons. The van der Waals surface area contributed by atoms with Gasteiger partial charge in [-0.3, -0.25) is 9.10 Å². The van der Waals surface area contributed by atoms with E-state index in [1.807, 2.05) is 0 Å². The Hall–Kier alpha value is -3.36. The molecule has 4 rings (SSSR count). The smallest absolute Gasteiger partial charge is 0.339 e. The topological polar surface area (TPSA) is 92.8 Å². The minimum atomic E-state index is -3.75. The van der Waals surface area contributed by atoms with E-state index < -0.39 is 21.9 Å². The molecule has 0 bridgehead atoms. The normalized spacial score (nSPS) is 12.9. The molecule has 3 aromatic rings. The summed E-state index contributed by atoms with van der Waals surface area (Å²) in [5.41, 5.74) is 2.21. The number of carbonyl (C=O) groups is 2. The van der Waals surface area contributed by atoms with Crippen molar-refractivity contribution in [3.8, 4) is 0 Å². The van der Waals surface area contributed by atoms with E-state index in [9.17, 15) is 18.0 Å². The van der Waals surface area contributed by atoms with Gasteiger partial charge in [0.25, 0.3) is 15.9 Å². The van der Waals surface area contributed by atoms with Crippen LogP contribution < -0.4 is 9.62 Å². The number of nitrogens with zero attached hydrogens (tertiary/aromatic N) is 1. The van der Waals surface area contributed by atoms with Crippen molar-refractivity contribution >= 4 is 44.9 Å². The first-order valence-electron chi connectivity index (χ1n) is 9.71. The van der Waals surface area contributed by atoms with Crippen LogP contribution in [-0.4, -0.2) is 33.9 Å². The number of nitrogens with one attached hydrogen (secondary N) is 1. The molecule has 0 spiro atoms. The van der Waals surface area contributed by atoms with Crippen molar-refractivity contribution in [3.05, 3.63) is 88.4 Å². The van der Waals surface area contributed by atoms with E-state index in [1.165, 1.54) is 35.7 Å². The SMILES string of the molecule is COC(=O)c1ccccc1NC(=O)c1ccc2c(c1)CCN2S(=O)(=O)c1ccc(Cl)cc1. The number of hydrogen-bond acceptors (Lipinski definition) is 5. The van der Waals surface area contributed by atoms with Gasteiger partial charge in [-0.25, -0.2) is 13.2 Å². The second-order valence-corrected chi connectivity index (χ2v) is 9.41. The van der Waals surface area contributed by atoms with Gasteiger partial charge in [-0.2, -0.15) is 0 Å². The van der Waals surface area contributed by atoms with Crippen LogP contribution in [0.25, 0.3) is 0 Å². The number of anilines is 2. The van der Waals surface area contributed by atoms with E-state index >= 15 is 0 Å². The summed E-state index contributed by atoms with van der Waals surface area (Å²) in [6.07, 6.45) is 0.474. The maximum absolute atomic E-state index is 13.1. The Morgan fingerprint density at radius 2 is 1.75 bits per heavy atom. The molecule has 32 heavy (non-hydrogen) atoms. The van der Waals surface area contributed by atoms with Crippen LogP contribution in [0.4, 0.5) is 11.4 Å². The highest BCUT2D eigenvalue weighted by molar-refractivity contribution is 7.92. The van der Waals surface area contributed by atoms with Gasteiger partial charge in [0, 0.05) is 17.1 Å². The molecule has 1 amide bonds. The highest BCUT2D eigenvalue weighted by atomic mass is 35.5. The number of sulfonamides is 1. The Kier molecular flexibility index (Phi) is 5.90. The molecule has 0 saturated carbocycles. The molecule has 0 radical (unpaired) electrons. The summed E-state index contributed by atoms with van der Waals surface area (Å²) < 4.78 is 32.2. The first kappa shape index (κ1) is 21.9. The largest absolute Gasteiger partial charge is 0.465 e. The average molecular weight is 471 g/mol. The van der Waals surface area contributed by atoms with Crippen molar-refractivity contribution in [2.24, 2.45) is 0 Å². The van der Waals surface area contributed by atoms with Gasteiger partial charge in [-0.15, -0.1) is 0 Å². The molecule has 3 aromatic carbocycles. The summed E-state index contributed by atoms with van der Waals surface area (Å²) in [5, 5.41) is 3.18. The maximum atomic E-state index is 13.1. The van der Waals surface area contributed by atoms with E-state index in [2.05, 4.69) is 5.32 Å². The Morgan fingerprint density at radius 1 is 1.03 bits per heavy atom. The third kappa shape index (κ3) is 4.06. The van der Waals surface area contributed by atoms with Gasteiger partial charge < -0.3 is 10.1 Å². The molecule has 1 aliphatic heterocycles. The maximum Gasteiger partial charge on any atom is 0.339 e. The lowest BCUT2D eigenvalue weighted by Gasteiger charge is -2.20. The van der Waals surface area contributed by atoms with Crippen LogP contribution in [0.3, 0.4) is 0 Å². The zero-order chi connectivity index (χ0) is 22.9. The number of methoxy groups -OCH3 is 1. The minimum absolute atomic E-state index is 0.149. The molecule has 0 aliphatic carbocycles. The van der Waals surface area contributed by atoms with Crippen LogP contribution >= 0.6 is 11.6 Å². The number of hydrogen-bond donors (Lipinski definition) is 1. The Bertz CT molecular complexity index is 1310. The van der Waals surface area contributed by atoms with Crippen molar-refractivity contribution in [1.82, 2.24) is 0 Å². The van der Waals surface area contributed by atoms with Crippen molar-refractivity contribution in [2.75, 3.05) is 23.3 Å². The van der Waals surface area contributed by atoms with E-state index in [0.717, 1.165) is 5.56 Å². The van der Waals surface area contributed by atoms with Crippen LogP contribution in [0.2, 0.25) is 5.02 Å². The fourth-order valence-corrected chi connectivity index (χ4v) is 5.20. The number of carbonyl (C=O) groups excluding carboxylic acids is 2. The predicted molar refractivity (Wildman–Crippen MR) is 122 cm³/mol. The zero-order valence-corrected chi connectivity index (χ0v) is 18.6. The number of fused-ring (bicyclic) bond motifs is 1. The summed E-state index contributed by atoms with van der Waals surface area (Å²) in [4.78, 5) is 24.9. The molecule has 7 nitrogen and oxygen atoms in total. The molecular formula is C23H19ClN2O5S. The second kappa shape index (κ2) is 8.64. The van der Waals surface area contributed by atoms with Crippen molar-refractivity contribution in [2.45, 2.75) is 11.3 Å². The van der Waals surface area contributed by atoms with Gasteiger partial charge in [-0.1, -0.05) is 23.7 Å². The lowest BCUT2D eigenvalue weighted by molar-refractivity contribution is 0.0602. The van der Waals surface area contributed by atoms with Gasteiger partial charge in [0.2, 0.25) is 0 Å². The highest BCUT2D eigenvalue weighted by Crippen LogP contribution is 2.34. The monoisotopic (exact) mass is 470 g/mol. The summed E-state index contributed by atoms with van der Waals surface area (Å²) in [6.45, 7) is 0.274. The fourth-order valence-electron chi connectivity index (χ4n) is 3.57. The van der Waals surface area contributed by atoms with Gasteiger partial charge in [0.05, 0.1) is 28.9 Å². The molecule has 1 aliphatic rings. The third-order valence-electron chi connectivity index (χ3n) is 5.18. The molecule has 0 unspecified atom stereocenters. The number of ether oxygens (including phenoxy) is 1. The number of amides is 1. The molecule has 9 heteroatoms. The zero-order valence-electron chi connectivity index (χ0n) is 17.0. The van der Waals surface area contributed by atoms with E-state index in [4.69, 9.17) is 16.3 Å². The molecule has 1 heterocycles. The number of rotatable bonds is 5. The van der Waals surface area contributed by atoms with Gasteiger partial charge in [0.1, 0.15) is 0 Å². The summed E-state index contributed by atoms with van der Waals surface area (Å²) in [6, 6.07) is 17.4. The minimum Gasteiger partial charge on any atom is -0.465 e. The lowest BCUT2D eigenvalue weighted by atomic mass is 10.1. The third-order valence-corrected chi connectivity index (χ3v) is 7.26. The van der Waals surface area contributed by atoms with E-state index in [0.29, 0.717) is 28.4 Å². The second-order valence-electron chi connectivity index (χ2n) is 7.12. The van der Waals surface area contributed by atoms with Crippen LogP contribution in [-0.2, 0) is 21.2 Å². The number of para-hydroxylation sites is 1. The highest BCUT2D eigenvalue weighted by Gasteiger charge is 2.31. The van der Waals surface area contributed by atoms with Crippen LogP contribution in [0.15, 0.2) is 71.6 Å². The Balaban J connectivity index is 1.59. The van der Waals surface area contributed by atoms with Gasteiger partial charge >= 0.3 is 5.97 Å². The molecular weight excluding hydrogens is 452 g/mol. The quantitative estimate of drug-likeness (QED) is 0.566. The van der Waals surface area contributed by atoms with Gasteiger partial charge in [0.15, 0.2) is 0 Å². The van der Waals surface area contributed by atoms with Crippen LogP contribution in [0.5, 0.6) is 0 Å². The van der Waals surface area contributed by atoms with E-state index in [1.54, 1.807) is 42.5 Å². The number of esters is 1. The molecule has 1 N–H and O–H groups in total. The van der Waals surface area contributed by atoms with Crippen molar-refractivity contribution in [1.29, 1.82) is 0 Å². The Labute approximate surface area is 190 Å². The van der Waals surface area contributed by atoms with Crippen LogP contribution in [0, 0.1) is 0 Å². The first-order chi connectivity index (χ1) is 15.3. The summed E-state index contributed by atoms with van der Waals surface area (Å²) >= 11 is 5.87. The van der Waals surface area contributed by atoms with Crippen molar-refractivity contribution in [3.63, 3.8) is 0 Å². The standard InChI is InChI=1S/C23H19ClN2O5S/c1-31-23(28)19-4-2-3-5-20(19)25-22(27)16-6-11-21-15(14-16)12-13-26(21)32(29,30)18-9-7-17(24)8-10-18/h2-11,14H,12-13H2,1H3,(H,25,27). The predicted octanol–water partition coefficient (Wildman–Crippen LogP) is 4.13. The van der Waals surface area contributed by atoms with E-state index in [-0.39, 0.29) is 17.0 Å².